The van der Waals surface area contributed by atoms with Gasteiger partial charge in [-0.25, -0.2) is 4.98 Å². The lowest BCUT2D eigenvalue weighted by atomic mass is 10.1. The Balaban J connectivity index is 1.79. The molecule has 0 atom stereocenters. The van der Waals surface area contributed by atoms with Gasteiger partial charge in [0.15, 0.2) is 0 Å². The fourth-order valence-electron chi connectivity index (χ4n) is 2.81. The molecule has 6 heteroatoms. The number of anilines is 1. The molecule has 0 aliphatic carbocycles. The van der Waals surface area contributed by atoms with Crippen LogP contribution in [0.15, 0.2) is 35.1 Å². The topological polar surface area (TPSA) is 76.1 Å². The minimum Gasteiger partial charge on any atom is -0.445 e. The van der Waals surface area contributed by atoms with Crippen molar-refractivity contribution in [2.75, 3.05) is 11.9 Å². The maximum atomic E-state index is 9.11. The molecule has 24 heavy (non-hydrogen) atoms. The molecule has 0 saturated heterocycles. The molecule has 2 aromatic heterocycles. The van der Waals surface area contributed by atoms with E-state index in [9.17, 15) is 0 Å². The van der Waals surface area contributed by atoms with Crippen LogP contribution >= 0.6 is 0 Å². The normalized spacial score (nSPS) is 11.0. The number of hydrogen-bond acceptors (Lipinski definition) is 5. The van der Waals surface area contributed by atoms with Crippen molar-refractivity contribution < 1.29 is 9.52 Å². The molecule has 0 unspecified atom stereocenters. The number of benzene rings is 1. The van der Waals surface area contributed by atoms with E-state index in [2.05, 4.69) is 21.5 Å². The molecule has 0 radical (unpaired) electrons. The van der Waals surface area contributed by atoms with Crippen LogP contribution in [0.3, 0.4) is 0 Å². The van der Waals surface area contributed by atoms with E-state index >= 15 is 0 Å². The quantitative estimate of drug-likeness (QED) is 0.728. The van der Waals surface area contributed by atoms with Gasteiger partial charge >= 0.3 is 0 Å². The minimum absolute atomic E-state index is 0.0896. The summed E-state index contributed by atoms with van der Waals surface area (Å²) in [5.74, 6) is 0.624. The molecule has 0 bridgehead atoms. The van der Waals surface area contributed by atoms with Gasteiger partial charge in [-0.05, 0) is 38.5 Å². The predicted octanol–water partition coefficient (Wildman–Crippen LogP) is 3.07. The lowest BCUT2D eigenvalue weighted by Crippen LogP contribution is -2.07. The molecule has 126 valence electrons. The van der Waals surface area contributed by atoms with Gasteiger partial charge in [-0.2, -0.15) is 5.10 Å². The van der Waals surface area contributed by atoms with Crippen molar-refractivity contribution in [1.82, 2.24) is 14.8 Å². The summed E-state index contributed by atoms with van der Waals surface area (Å²) in [6.07, 6.45) is 3.23. The first kappa shape index (κ1) is 16.3. The second kappa shape index (κ2) is 6.88. The van der Waals surface area contributed by atoms with Crippen molar-refractivity contribution in [2.45, 2.75) is 33.9 Å². The van der Waals surface area contributed by atoms with Gasteiger partial charge in [-0.1, -0.05) is 6.07 Å². The monoisotopic (exact) mass is 326 g/mol. The van der Waals surface area contributed by atoms with E-state index in [1.807, 2.05) is 37.6 Å². The zero-order chi connectivity index (χ0) is 17.1. The number of oxazole rings is 1. The molecular weight excluding hydrogens is 304 g/mol. The van der Waals surface area contributed by atoms with Gasteiger partial charge in [0.25, 0.3) is 0 Å². The largest absolute Gasteiger partial charge is 0.445 e. The van der Waals surface area contributed by atoms with Crippen molar-refractivity contribution in [2.24, 2.45) is 0 Å². The molecule has 1 aromatic carbocycles. The predicted molar refractivity (Wildman–Crippen MR) is 92.8 cm³/mol. The van der Waals surface area contributed by atoms with Gasteiger partial charge in [0.05, 0.1) is 25.0 Å². The second-order valence-corrected chi connectivity index (χ2v) is 5.82. The summed E-state index contributed by atoms with van der Waals surface area (Å²) in [6.45, 7) is 7.34. The fraction of sp³-hybridized carbons (Fsp3) is 0.333. The van der Waals surface area contributed by atoms with Crippen LogP contribution in [0.5, 0.6) is 0 Å². The number of hydrogen-bond donors (Lipinski definition) is 2. The van der Waals surface area contributed by atoms with Crippen LogP contribution in [-0.2, 0) is 13.1 Å². The first-order chi connectivity index (χ1) is 11.6. The van der Waals surface area contributed by atoms with E-state index < -0.39 is 0 Å². The van der Waals surface area contributed by atoms with Gasteiger partial charge in [0.1, 0.15) is 6.26 Å². The highest BCUT2D eigenvalue weighted by Crippen LogP contribution is 2.26. The van der Waals surface area contributed by atoms with Crippen LogP contribution in [0.25, 0.3) is 11.5 Å². The van der Waals surface area contributed by atoms with Crippen molar-refractivity contribution in [3.05, 3.63) is 53.2 Å². The fourth-order valence-corrected chi connectivity index (χ4v) is 2.81. The Labute approximate surface area is 141 Å². The summed E-state index contributed by atoms with van der Waals surface area (Å²) in [7, 11) is 0. The zero-order valence-corrected chi connectivity index (χ0v) is 14.2. The molecule has 6 nitrogen and oxygen atoms in total. The molecule has 0 aliphatic heterocycles. The number of aryl methyl sites for hydroxylation is 2. The third kappa shape index (κ3) is 3.19. The third-order valence-electron chi connectivity index (χ3n) is 4.21. The van der Waals surface area contributed by atoms with Crippen LogP contribution in [0.4, 0.5) is 5.69 Å². The first-order valence-corrected chi connectivity index (χ1v) is 7.98. The Kier molecular flexibility index (Phi) is 4.66. The maximum absolute atomic E-state index is 9.11. The highest BCUT2D eigenvalue weighted by atomic mass is 16.3. The van der Waals surface area contributed by atoms with Crippen LogP contribution in [0, 0.1) is 20.8 Å². The maximum Gasteiger partial charge on any atom is 0.226 e. The Morgan fingerprint density at radius 2 is 2.08 bits per heavy atom. The molecule has 3 aromatic rings. The molecule has 0 aliphatic rings. The van der Waals surface area contributed by atoms with E-state index in [1.165, 1.54) is 0 Å². The second-order valence-electron chi connectivity index (χ2n) is 5.82. The summed E-state index contributed by atoms with van der Waals surface area (Å²) in [4.78, 5) is 4.23. The number of nitrogens with one attached hydrogen (secondary N) is 1. The van der Waals surface area contributed by atoms with Gasteiger partial charge in [-0.15, -0.1) is 0 Å². The standard InChI is InChI=1S/C18H22N4O2/c1-12-4-5-15(10-16(12)18-19-6-9-24-18)20-11-17-13(2)21-22(7-8-23)14(17)3/h4-6,9-10,20,23H,7-8,11H2,1-3H3. The van der Waals surface area contributed by atoms with Crippen LogP contribution < -0.4 is 5.32 Å². The number of aliphatic hydroxyl groups excluding tert-OH is 1. The Hall–Kier alpha value is -2.60. The molecule has 2 N–H and O–H groups in total. The smallest absolute Gasteiger partial charge is 0.226 e. The average Bonchev–Trinajstić information content (AvgIpc) is 3.17. The summed E-state index contributed by atoms with van der Waals surface area (Å²) in [5, 5.41) is 17.0. The number of nitrogens with zero attached hydrogens (tertiary/aromatic N) is 3. The molecule has 0 amide bonds. The van der Waals surface area contributed by atoms with Crippen molar-refractivity contribution in [3.63, 3.8) is 0 Å². The number of aromatic nitrogens is 3. The number of aliphatic hydroxyl groups is 1. The van der Waals surface area contributed by atoms with Gasteiger partial charge in [-0.3, -0.25) is 4.68 Å². The van der Waals surface area contributed by atoms with E-state index in [4.69, 9.17) is 9.52 Å². The highest BCUT2D eigenvalue weighted by Gasteiger charge is 2.12. The van der Waals surface area contributed by atoms with Gasteiger partial charge in [0, 0.05) is 29.1 Å². The Bertz CT molecular complexity index is 822. The van der Waals surface area contributed by atoms with Crippen LogP contribution in [0.2, 0.25) is 0 Å². The lowest BCUT2D eigenvalue weighted by Gasteiger charge is -2.10. The third-order valence-corrected chi connectivity index (χ3v) is 4.21. The number of rotatable bonds is 6. The van der Waals surface area contributed by atoms with Gasteiger partial charge in [0.2, 0.25) is 5.89 Å². The summed E-state index contributed by atoms with van der Waals surface area (Å²) in [5.41, 5.74) is 6.31. The van der Waals surface area contributed by atoms with E-state index in [0.29, 0.717) is 19.0 Å². The van der Waals surface area contributed by atoms with Crippen LogP contribution in [0.1, 0.15) is 22.5 Å². The van der Waals surface area contributed by atoms with E-state index in [-0.39, 0.29) is 6.61 Å². The summed E-state index contributed by atoms with van der Waals surface area (Å²) in [6, 6.07) is 6.14. The van der Waals surface area contributed by atoms with Crippen molar-refractivity contribution >= 4 is 5.69 Å². The zero-order valence-electron chi connectivity index (χ0n) is 14.2. The van der Waals surface area contributed by atoms with Crippen molar-refractivity contribution in [3.8, 4) is 11.5 Å². The molecule has 3 rings (SSSR count). The van der Waals surface area contributed by atoms with Crippen molar-refractivity contribution in [1.29, 1.82) is 0 Å². The van der Waals surface area contributed by atoms with E-state index in [0.717, 1.165) is 33.8 Å². The van der Waals surface area contributed by atoms with Gasteiger partial charge < -0.3 is 14.8 Å². The SMILES string of the molecule is Cc1ccc(NCc2c(C)nn(CCO)c2C)cc1-c1ncco1. The van der Waals surface area contributed by atoms with Crippen LogP contribution in [-0.4, -0.2) is 26.5 Å². The Morgan fingerprint density at radius 3 is 2.79 bits per heavy atom. The molecule has 0 fully saturated rings. The first-order valence-electron chi connectivity index (χ1n) is 7.98. The Morgan fingerprint density at radius 1 is 1.25 bits per heavy atom. The molecule has 0 spiro atoms. The minimum atomic E-state index is 0.0896. The summed E-state index contributed by atoms with van der Waals surface area (Å²) >= 11 is 0. The lowest BCUT2D eigenvalue weighted by molar-refractivity contribution is 0.268. The highest BCUT2D eigenvalue weighted by molar-refractivity contribution is 5.65. The molecular formula is C18H22N4O2. The average molecular weight is 326 g/mol. The van der Waals surface area contributed by atoms with E-state index in [1.54, 1.807) is 12.5 Å². The molecule has 0 saturated carbocycles. The molecule has 2 heterocycles. The summed E-state index contributed by atoms with van der Waals surface area (Å²) < 4.78 is 7.26.